The van der Waals surface area contributed by atoms with Crippen molar-refractivity contribution >= 4 is 23.5 Å². The predicted octanol–water partition coefficient (Wildman–Crippen LogP) is 1.49. The molecule has 140 valence electrons. The first kappa shape index (κ1) is 19.4. The highest BCUT2D eigenvalue weighted by molar-refractivity contribution is 5.96. The van der Waals surface area contributed by atoms with E-state index in [9.17, 15) is 33.3 Å². The number of rotatable bonds is 5. The molecule has 2 rings (SSSR count). The standard InChI is InChI=1S/C16H11F2N3O6/c17-11-2-1-3-12(18)14(11)16(24)27-8-13(22)19-20-15(23)9-4-6-10(7-5-9)21(25)26/h1-7H,8H2,(H,19,22)(H,20,23). The van der Waals surface area contributed by atoms with Crippen LogP contribution in [0.1, 0.15) is 20.7 Å². The minimum absolute atomic E-state index is 0.0197. The topological polar surface area (TPSA) is 128 Å². The molecule has 11 heteroatoms. The Kier molecular flexibility index (Phi) is 6.10. The van der Waals surface area contributed by atoms with E-state index in [1.165, 1.54) is 12.1 Å². The molecule has 0 saturated heterocycles. The van der Waals surface area contributed by atoms with Gasteiger partial charge in [-0.1, -0.05) is 6.07 Å². The molecule has 2 amide bonds. The third-order valence-corrected chi connectivity index (χ3v) is 3.16. The number of hydrogen-bond donors (Lipinski definition) is 2. The van der Waals surface area contributed by atoms with Crippen LogP contribution in [-0.2, 0) is 9.53 Å². The van der Waals surface area contributed by atoms with E-state index in [0.29, 0.717) is 0 Å². The summed E-state index contributed by atoms with van der Waals surface area (Å²) in [5, 5.41) is 10.5. The largest absolute Gasteiger partial charge is 0.452 e. The third-order valence-electron chi connectivity index (χ3n) is 3.16. The molecular formula is C16H11F2N3O6. The second kappa shape index (κ2) is 8.47. The number of carbonyl (C=O) groups excluding carboxylic acids is 3. The fourth-order valence-electron chi connectivity index (χ4n) is 1.87. The van der Waals surface area contributed by atoms with Crippen LogP contribution in [-0.4, -0.2) is 29.3 Å². The van der Waals surface area contributed by atoms with Crippen molar-refractivity contribution in [2.45, 2.75) is 0 Å². The van der Waals surface area contributed by atoms with E-state index in [4.69, 9.17) is 0 Å². The zero-order chi connectivity index (χ0) is 20.0. The van der Waals surface area contributed by atoms with Crippen molar-refractivity contribution in [2.24, 2.45) is 0 Å². The molecular weight excluding hydrogens is 368 g/mol. The molecule has 27 heavy (non-hydrogen) atoms. The number of halogens is 2. The fourth-order valence-corrected chi connectivity index (χ4v) is 1.87. The maximum atomic E-state index is 13.4. The Labute approximate surface area is 150 Å². The van der Waals surface area contributed by atoms with Crippen molar-refractivity contribution in [1.82, 2.24) is 10.9 Å². The Morgan fingerprint density at radius 2 is 1.59 bits per heavy atom. The Hall–Kier alpha value is -3.89. The molecule has 0 aliphatic heterocycles. The lowest BCUT2D eigenvalue weighted by Crippen LogP contribution is -2.43. The van der Waals surface area contributed by atoms with Gasteiger partial charge in [-0.05, 0) is 24.3 Å². The Bertz CT molecular complexity index is 881. The summed E-state index contributed by atoms with van der Waals surface area (Å²) in [6.45, 7) is -0.910. The predicted molar refractivity (Wildman–Crippen MR) is 85.3 cm³/mol. The molecule has 0 aliphatic carbocycles. The van der Waals surface area contributed by atoms with E-state index in [1.807, 2.05) is 10.9 Å². The van der Waals surface area contributed by atoms with Crippen molar-refractivity contribution in [2.75, 3.05) is 6.61 Å². The smallest absolute Gasteiger partial charge is 0.344 e. The molecule has 0 spiro atoms. The molecule has 0 saturated carbocycles. The molecule has 0 atom stereocenters. The molecule has 2 aromatic rings. The zero-order valence-corrected chi connectivity index (χ0v) is 13.4. The number of hydrogen-bond acceptors (Lipinski definition) is 6. The first-order chi connectivity index (χ1) is 12.8. The Morgan fingerprint density at radius 3 is 2.15 bits per heavy atom. The van der Waals surface area contributed by atoms with Gasteiger partial charge in [-0.2, -0.15) is 0 Å². The molecule has 0 radical (unpaired) electrons. The summed E-state index contributed by atoms with van der Waals surface area (Å²) in [5.74, 6) is -5.44. The van der Waals surface area contributed by atoms with Crippen molar-refractivity contribution in [1.29, 1.82) is 0 Å². The molecule has 0 aliphatic rings. The number of benzene rings is 2. The first-order valence-corrected chi connectivity index (χ1v) is 7.24. The van der Waals surface area contributed by atoms with Crippen LogP contribution < -0.4 is 10.9 Å². The van der Waals surface area contributed by atoms with Crippen LogP contribution in [0, 0.1) is 21.7 Å². The quantitative estimate of drug-likeness (QED) is 0.460. The maximum Gasteiger partial charge on any atom is 0.344 e. The highest BCUT2D eigenvalue weighted by atomic mass is 19.1. The van der Waals surface area contributed by atoms with Crippen LogP contribution >= 0.6 is 0 Å². The summed E-state index contributed by atoms with van der Waals surface area (Å²) in [5.41, 5.74) is 2.76. The number of non-ortho nitro benzene ring substituents is 1. The minimum Gasteiger partial charge on any atom is -0.452 e. The number of ether oxygens (including phenoxy) is 1. The van der Waals surface area contributed by atoms with Crippen LogP contribution in [0.15, 0.2) is 42.5 Å². The average molecular weight is 379 g/mol. The van der Waals surface area contributed by atoms with Gasteiger partial charge in [0.25, 0.3) is 17.5 Å². The number of hydrazine groups is 1. The van der Waals surface area contributed by atoms with Crippen molar-refractivity contribution in [3.8, 4) is 0 Å². The van der Waals surface area contributed by atoms with Crippen LogP contribution in [0.25, 0.3) is 0 Å². The summed E-state index contributed by atoms with van der Waals surface area (Å²) < 4.78 is 31.3. The summed E-state index contributed by atoms with van der Waals surface area (Å²) in [7, 11) is 0. The molecule has 2 N–H and O–H groups in total. The number of amides is 2. The summed E-state index contributed by atoms with van der Waals surface area (Å²) in [6.07, 6.45) is 0. The van der Waals surface area contributed by atoms with Gasteiger partial charge in [0.15, 0.2) is 6.61 Å². The van der Waals surface area contributed by atoms with E-state index in [2.05, 4.69) is 4.74 Å². The third kappa shape index (κ3) is 5.04. The molecule has 0 aromatic heterocycles. The lowest BCUT2D eigenvalue weighted by Gasteiger charge is -2.09. The SMILES string of the molecule is O=C(COC(=O)c1c(F)cccc1F)NNC(=O)c1ccc([N+](=O)[O-])cc1. The molecule has 9 nitrogen and oxygen atoms in total. The van der Waals surface area contributed by atoms with Gasteiger partial charge >= 0.3 is 5.97 Å². The van der Waals surface area contributed by atoms with E-state index in [1.54, 1.807) is 0 Å². The van der Waals surface area contributed by atoms with E-state index in [-0.39, 0.29) is 11.3 Å². The van der Waals surface area contributed by atoms with Gasteiger partial charge in [0.05, 0.1) is 4.92 Å². The van der Waals surface area contributed by atoms with Gasteiger partial charge in [-0.25, -0.2) is 13.6 Å². The van der Waals surface area contributed by atoms with Gasteiger partial charge in [0.1, 0.15) is 17.2 Å². The average Bonchev–Trinajstić information content (AvgIpc) is 2.64. The highest BCUT2D eigenvalue weighted by Gasteiger charge is 2.19. The van der Waals surface area contributed by atoms with Gasteiger partial charge in [0, 0.05) is 17.7 Å². The summed E-state index contributed by atoms with van der Waals surface area (Å²) >= 11 is 0. The lowest BCUT2D eigenvalue weighted by atomic mass is 10.2. The molecule has 0 bridgehead atoms. The van der Waals surface area contributed by atoms with Crippen LogP contribution in [0.3, 0.4) is 0 Å². The van der Waals surface area contributed by atoms with Crippen LogP contribution in [0.4, 0.5) is 14.5 Å². The second-order valence-corrected chi connectivity index (χ2v) is 4.98. The monoisotopic (exact) mass is 379 g/mol. The van der Waals surface area contributed by atoms with E-state index >= 15 is 0 Å². The number of nitro benzene ring substituents is 1. The Morgan fingerprint density at radius 1 is 1.00 bits per heavy atom. The molecule has 2 aromatic carbocycles. The van der Waals surface area contributed by atoms with Crippen molar-refractivity contribution in [3.05, 3.63) is 75.3 Å². The zero-order valence-electron chi connectivity index (χ0n) is 13.4. The van der Waals surface area contributed by atoms with Gasteiger partial charge in [-0.3, -0.25) is 30.6 Å². The van der Waals surface area contributed by atoms with Gasteiger partial charge in [-0.15, -0.1) is 0 Å². The van der Waals surface area contributed by atoms with Gasteiger partial charge < -0.3 is 4.74 Å². The second-order valence-electron chi connectivity index (χ2n) is 4.98. The number of nitro groups is 1. The number of nitrogens with zero attached hydrogens (tertiary/aromatic N) is 1. The van der Waals surface area contributed by atoms with E-state index in [0.717, 1.165) is 30.3 Å². The van der Waals surface area contributed by atoms with Crippen molar-refractivity contribution < 1.29 is 32.8 Å². The maximum absolute atomic E-state index is 13.4. The number of esters is 1. The minimum atomic E-state index is -1.39. The summed E-state index contributed by atoms with van der Waals surface area (Å²) in [6, 6.07) is 7.29. The number of nitrogens with one attached hydrogen (secondary N) is 2. The fraction of sp³-hybridized carbons (Fsp3) is 0.0625. The van der Waals surface area contributed by atoms with Crippen molar-refractivity contribution in [3.63, 3.8) is 0 Å². The Balaban J connectivity index is 1.84. The molecule has 0 unspecified atom stereocenters. The van der Waals surface area contributed by atoms with E-state index < -0.39 is 46.5 Å². The normalized spacial score (nSPS) is 10.0. The lowest BCUT2D eigenvalue weighted by molar-refractivity contribution is -0.384. The highest BCUT2D eigenvalue weighted by Crippen LogP contribution is 2.13. The molecule has 0 fully saturated rings. The van der Waals surface area contributed by atoms with Crippen LogP contribution in [0.5, 0.6) is 0 Å². The van der Waals surface area contributed by atoms with Crippen LogP contribution in [0.2, 0.25) is 0 Å². The summed E-state index contributed by atoms with van der Waals surface area (Å²) in [4.78, 5) is 44.8. The number of carbonyl (C=O) groups is 3. The molecule has 0 heterocycles. The first-order valence-electron chi connectivity index (χ1n) is 7.24. The van der Waals surface area contributed by atoms with Gasteiger partial charge in [0.2, 0.25) is 0 Å².